The minimum Gasteiger partial charge on any atom is -0.486 e. The zero-order valence-corrected chi connectivity index (χ0v) is 21.6. The van der Waals surface area contributed by atoms with Crippen LogP contribution in [0.2, 0.25) is 0 Å². The molecule has 36 heavy (non-hydrogen) atoms. The molecule has 11 heteroatoms. The highest BCUT2D eigenvalue weighted by Gasteiger charge is 2.35. The van der Waals surface area contributed by atoms with E-state index in [2.05, 4.69) is 0 Å². The van der Waals surface area contributed by atoms with Crippen LogP contribution in [0.5, 0.6) is 5.75 Å². The molecular formula is C25H26F2N2O5S2. The lowest BCUT2D eigenvalue weighted by molar-refractivity contribution is 0.196. The van der Waals surface area contributed by atoms with Gasteiger partial charge in [-0.05, 0) is 60.5 Å². The van der Waals surface area contributed by atoms with Crippen LogP contribution in [0.25, 0.3) is 11.1 Å². The van der Waals surface area contributed by atoms with Gasteiger partial charge in [-0.25, -0.2) is 29.9 Å². The fraction of sp³-hybridized carbons (Fsp3) is 0.280. The lowest BCUT2D eigenvalue weighted by atomic mass is 10.0. The van der Waals surface area contributed by atoms with Crippen LogP contribution in [0.4, 0.5) is 14.5 Å². The normalized spacial score (nSPS) is 16.1. The molecule has 7 nitrogen and oxygen atoms in total. The minimum absolute atomic E-state index is 0.0232. The van der Waals surface area contributed by atoms with Crippen molar-refractivity contribution in [2.45, 2.75) is 24.3 Å². The highest BCUT2D eigenvalue weighted by molar-refractivity contribution is 7.92. The zero-order chi connectivity index (χ0) is 26.3. The van der Waals surface area contributed by atoms with E-state index < -0.39 is 37.8 Å². The summed E-state index contributed by atoms with van der Waals surface area (Å²) >= 11 is 0. The Morgan fingerprint density at radius 1 is 1.00 bits per heavy atom. The molecule has 0 aromatic heterocycles. The second kappa shape index (κ2) is 9.79. The van der Waals surface area contributed by atoms with E-state index in [0.29, 0.717) is 0 Å². The molecule has 1 heterocycles. The van der Waals surface area contributed by atoms with E-state index >= 15 is 0 Å². The maximum atomic E-state index is 14.5. The third kappa shape index (κ3) is 5.23. The molecule has 4 rings (SSSR count). The van der Waals surface area contributed by atoms with Gasteiger partial charge in [0.15, 0.2) is 0 Å². The quantitative estimate of drug-likeness (QED) is 0.453. The third-order valence-corrected chi connectivity index (χ3v) is 9.60. The molecular weight excluding hydrogens is 510 g/mol. The Hall–Kier alpha value is -3.02. The maximum absolute atomic E-state index is 14.5. The van der Waals surface area contributed by atoms with Crippen molar-refractivity contribution < 1.29 is 30.4 Å². The van der Waals surface area contributed by atoms with Crippen molar-refractivity contribution in [1.29, 1.82) is 0 Å². The molecule has 0 aliphatic carbocycles. The Balaban J connectivity index is 1.79. The maximum Gasteiger partial charge on any atom is 0.264 e. The molecule has 0 amide bonds. The van der Waals surface area contributed by atoms with Crippen molar-refractivity contribution >= 4 is 25.7 Å². The highest BCUT2D eigenvalue weighted by Crippen LogP contribution is 2.41. The molecule has 0 N–H and O–H groups in total. The van der Waals surface area contributed by atoms with Crippen LogP contribution >= 0.6 is 0 Å². The predicted molar refractivity (Wildman–Crippen MR) is 134 cm³/mol. The van der Waals surface area contributed by atoms with Crippen molar-refractivity contribution in [3.63, 3.8) is 0 Å². The van der Waals surface area contributed by atoms with Crippen molar-refractivity contribution in [1.82, 2.24) is 4.31 Å². The fourth-order valence-electron chi connectivity index (χ4n) is 3.94. The summed E-state index contributed by atoms with van der Waals surface area (Å²) in [7, 11) is -4.77. The summed E-state index contributed by atoms with van der Waals surface area (Å²) in [5.74, 6) is -1.32. The van der Waals surface area contributed by atoms with Gasteiger partial charge in [-0.2, -0.15) is 0 Å². The monoisotopic (exact) mass is 536 g/mol. The average Bonchev–Trinajstić information content (AvgIpc) is 2.83. The van der Waals surface area contributed by atoms with Gasteiger partial charge in [0.05, 0.1) is 22.9 Å². The first-order chi connectivity index (χ1) is 16.9. The van der Waals surface area contributed by atoms with E-state index in [1.54, 1.807) is 19.1 Å². The van der Waals surface area contributed by atoms with E-state index in [1.165, 1.54) is 44.4 Å². The average molecular weight is 537 g/mol. The first-order valence-electron chi connectivity index (χ1n) is 11.1. The van der Waals surface area contributed by atoms with E-state index in [4.69, 9.17) is 4.74 Å². The van der Waals surface area contributed by atoms with Crippen molar-refractivity contribution in [3.05, 3.63) is 77.9 Å². The van der Waals surface area contributed by atoms with Crippen LogP contribution in [-0.4, -0.2) is 53.6 Å². The number of nitrogens with zero attached hydrogens (tertiary/aromatic N) is 2. The Labute approximate surface area is 210 Å². The van der Waals surface area contributed by atoms with Gasteiger partial charge >= 0.3 is 0 Å². The number of ether oxygens (including phenoxy) is 1. The molecule has 0 fully saturated rings. The van der Waals surface area contributed by atoms with Gasteiger partial charge in [0.2, 0.25) is 10.0 Å². The second-order valence-corrected chi connectivity index (χ2v) is 13.0. The fourth-order valence-corrected chi connectivity index (χ4v) is 6.47. The molecule has 1 aliphatic rings. The number of hydrogen-bond acceptors (Lipinski definition) is 5. The third-order valence-electron chi connectivity index (χ3n) is 5.96. The summed E-state index contributed by atoms with van der Waals surface area (Å²) in [6.45, 7) is 1.62. The van der Waals surface area contributed by atoms with Crippen molar-refractivity contribution in [2.75, 3.05) is 30.7 Å². The molecule has 3 aromatic rings. The van der Waals surface area contributed by atoms with E-state index in [-0.39, 0.29) is 46.2 Å². The summed E-state index contributed by atoms with van der Waals surface area (Å²) in [6, 6.07) is 13.9. The molecule has 0 radical (unpaired) electrons. The van der Waals surface area contributed by atoms with Gasteiger partial charge in [0.1, 0.15) is 23.5 Å². The first kappa shape index (κ1) is 26.1. The van der Waals surface area contributed by atoms with Crippen molar-refractivity contribution in [2.24, 2.45) is 0 Å². The zero-order valence-electron chi connectivity index (χ0n) is 20.0. The molecule has 0 saturated carbocycles. The number of benzene rings is 3. The van der Waals surface area contributed by atoms with Gasteiger partial charge < -0.3 is 4.74 Å². The summed E-state index contributed by atoms with van der Waals surface area (Å²) in [5.41, 5.74) is 1.15. The molecule has 0 saturated heterocycles. The molecule has 0 unspecified atom stereocenters. The van der Waals surface area contributed by atoms with Crippen LogP contribution in [0.3, 0.4) is 0 Å². The molecule has 1 aliphatic heterocycles. The van der Waals surface area contributed by atoms with Crippen molar-refractivity contribution in [3.8, 4) is 16.9 Å². The van der Waals surface area contributed by atoms with E-state index in [1.807, 2.05) is 0 Å². The molecule has 0 spiro atoms. The Morgan fingerprint density at radius 3 is 2.44 bits per heavy atom. The summed E-state index contributed by atoms with van der Waals surface area (Å²) in [6.07, 6.45) is -0.691. The summed E-state index contributed by atoms with van der Waals surface area (Å²) in [4.78, 5) is 0.0531. The number of sulfonamides is 2. The van der Waals surface area contributed by atoms with E-state index in [9.17, 15) is 25.6 Å². The second-order valence-electron chi connectivity index (χ2n) is 8.79. The summed E-state index contributed by atoms with van der Waals surface area (Å²) < 4.78 is 88.6. The molecule has 1 atom stereocenters. The predicted octanol–water partition coefficient (Wildman–Crippen LogP) is 4.18. The Morgan fingerprint density at radius 2 is 1.75 bits per heavy atom. The van der Waals surface area contributed by atoms with Crippen LogP contribution in [0.1, 0.15) is 12.0 Å². The number of fused-ring (bicyclic) bond motifs is 1. The topological polar surface area (TPSA) is 84.0 Å². The molecule has 192 valence electrons. The standard InChI is InChI=1S/C25H26F2N2O5S2/c1-17-5-4-6-21(13-17)36(32,33)29-16-20(11-12-35(30,31)28(2)3)34-25-10-7-18(14-24(25)29)22-15-19(26)8-9-23(22)27/h4-10,13-15,20H,11-12,16H2,1-3H3/t20-/m0/s1. The van der Waals surface area contributed by atoms with Gasteiger partial charge in [-0.15, -0.1) is 0 Å². The highest BCUT2D eigenvalue weighted by atomic mass is 32.2. The first-order valence-corrected chi connectivity index (χ1v) is 14.2. The van der Waals surface area contributed by atoms with Gasteiger partial charge in [-0.3, -0.25) is 4.31 Å². The van der Waals surface area contributed by atoms with Gasteiger partial charge in [-0.1, -0.05) is 18.2 Å². The number of hydrogen-bond donors (Lipinski definition) is 0. The lowest BCUT2D eigenvalue weighted by Crippen LogP contribution is -2.44. The smallest absolute Gasteiger partial charge is 0.264 e. The molecule has 3 aromatic carbocycles. The molecule has 0 bridgehead atoms. The van der Waals surface area contributed by atoms with E-state index in [0.717, 1.165) is 32.4 Å². The number of rotatable bonds is 7. The van der Waals surface area contributed by atoms with Crippen LogP contribution in [0.15, 0.2) is 65.6 Å². The lowest BCUT2D eigenvalue weighted by Gasteiger charge is -2.36. The number of aryl methyl sites for hydroxylation is 1. The number of halogens is 2. The van der Waals surface area contributed by atoms with Crippen LogP contribution in [0, 0.1) is 18.6 Å². The van der Waals surface area contributed by atoms with Gasteiger partial charge in [0, 0.05) is 26.1 Å². The van der Waals surface area contributed by atoms with Crippen LogP contribution in [-0.2, 0) is 20.0 Å². The Kier molecular flexibility index (Phi) is 7.09. The number of anilines is 1. The largest absolute Gasteiger partial charge is 0.486 e. The SMILES string of the molecule is Cc1cccc(S(=O)(=O)N2C[C@H](CCS(=O)(=O)N(C)C)Oc3ccc(-c4cc(F)ccc4F)cc32)c1. The van der Waals surface area contributed by atoms with Gasteiger partial charge in [0.25, 0.3) is 10.0 Å². The Bertz CT molecular complexity index is 1510. The summed E-state index contributed by atoms with van der Waals surface area (Å²) in [5, 5.41) is 0. The van der Waals surface area contributed by atoms with Crippen LogP contribution < -0.4 is 9.04 Å². The minimum atomic E-state index is -4.09.